The molecular weight excluding hydrogens is 458 g/mol. The van der Waals surface area contributed by atoms with Gasteiger partial charge in [-0.15, -0.1) is 0 Å². The number of aromatic nitrogens is 2. The summed E-state index contributed by atoms with van der Waals surface area (Å²) in [5.74, 6) is 2.13. The number of rotatable bonds is 6. The molecule has 0 fully saturated rings. The van der Waals surface area contributed by atoms with Gasteiger partial charge in [-0.25, -0.2) is 4.98 Å². The van der Waals surface area contributed by atoms with Crippen molar-refractivity contribution in [2.75, 3.05) is 5.32 Å². The molecule has 0 aliphatic rings. The fraction of sp³-hybridized carbons (Fsp3) is 0.188. The minimum absolute atomic E-state index is 0.0630. The van der Waals surface area contributed by atoms with Crippen LogP contribution in [0.4, 0.5) is 5.69 Å². The van der Waals surface area contributed by atoms with Crippen LogP contribution in [0.5, 0.6) is 11.5 Å². The first kappa shape index (κ1) is 24.3. The first-order chi connectivity index (χ1) is 17.8. The lowest BCUT2D eigenvalue weighted by atomic mass is 9.86. The maximum Gasteiger partial charge on any atom is 0.247 e. The molecule has 1 aromatic heterocycles. The van der Waals surface area contributed by atoms with Crippen LogP contribution in [0, 0.1) is 0 Å². The normalized spacial score (nSPS) is 12.3. The van der Waals surface area contributed by atoms with E-state index in [1.165, 1.54) is 5.56 Å². The second-order valence-electron chi connectivity index (χ2n) is 10.2. The molecular formula is C32H31N3O2. The summed E-state index contributed by atoms with van der Waals surface area (Å²) in [5, 5.41) is 3.05. The van der Waals surface area contributed by atoms with E-state index in [0.717, 1.165) is 28.2 Å². The number of anilines is 1. The summed E-state index contributed by atoms with van der Waals surface area (Å²) in [6.45, 7) is 8.50. The van der Waals surface area contributed by atoms with Crippen molar-refractivity contribution in [2.24, 2.45) is 0 Å². The number of hydrogen-bond acceptors (Lipinski definition) is 3. The molecule has 4 aromatic carbocycles. The molecule has 0 radical (unpaired) electrons. The summed E-state index contributed by atoms with van der Waals surface area (Å²) >= 11 is 0. The quantitative estimate of drug-likeness (QED) is 0.263. The number of benzene rings is 4. The van der Waals surface area contributed by atoms with Crippen molar-refractivity contribution in [2.45, 2.75) is 39.2 Å². The molecule has 1 N–H and O–H groups in total. The van der Waals surface area contributed by atoms with E-state index in [9.17, 15) is 4.79 Å². The zero-order valence-electron chi connectivity index (χ0n) is 21.6. The predicted molar refractivity (Wildman–Crippen MR) is 150 cm³/mol. The lowest BCUT2D eigenvalue weighted by Crippen LogP contribution is -2.24. The monoisotopic (exact) mass is 489 g/mol. The zero-order valence-corrected chi connectivity index (χ0v) is 21.6. The number of nitrogens with one attached hydrogen (secondary N) is 1. The molecule has 0 bridgehead atoms. The zero-order chi connectivity index (χ0) is 26.0. The van der Waals surface area contributed by atoms with Gasteiger partial charge in [0, 0.05) is 11.3 Å². The molecule has 5 heteroatoms. The standard InChI is InChI=1S/C32H31N3O2/c1-22(31(36)33-25-18-20-27(21-19-25)37-26-10-6-5-7-11-26)35-29-13-9-8-12-28(29)34-30(35)23-14-16-24(17-15-23)32(2,3)4/h5-22H,1-4H3,(H,33,36). The van der Waals surface area contributed by atoms with Crippen LogP contribution in [0.1, 0.15) is 39.3 Å². The molecule has 5 nitrogen and oxygen atoms in total. The Morgan fingerprint density at radius 1 is 0.811 bits per heavy atom. The van der Waals surface area contributed by atoms with E-state index in [4.69, 9.17) is 9.72 Å². The van der Waals surface area contributed by atoms with Crippen LogP contribution < -0.4 is 10.1 Å². The summed E-state index contributed by atoms with van der Waals surface area (Å²) in [5.41, 5.74) is 4.78. The molecule has 1 unspecified atom stereocenters. The number of amides is 1. The highest BCUT2D eigenvalue weighted by Gasteiger charge is 2.23. The molecule has 1 heterocycles. The van der Waals surface area contributed by atoms with Crippen LogP contribution in [0.25, 0.3) is 22.4 Å². The van der Waals surface area contributed by atoms with Crippen LogP contribution in [-0.4, -0.2) is 15.5 Å². The largest absolute Gasteiger partial charge is 0.457 e. The minimum atomic E-state index is -0.482. The number of carbonyl (C=O) groups is 1. The van der Waals surface area contributed by atoms with Crippen LogP contribution >= 0.6 is 0 Å². The third-order valence-electron chi connectivity index (χ3n) is 6.47. The van der Waals surface area contributed by atoms with Crippen molar-refractivity contribution in [1.82, 2.24) is 9.55 Å². The van der Waals surface area contributed by atoms with Gasteiger partial charge in [-0.05, 0) is 66.4 Å². The molecule has 5 rings (SSSR count). The lowest BCUT2D eigenvalue weighted by Gasteiger charge is -2.20. The van der Waals surface area contributed by atoms with E-state index in [1.54, 1.807) is 0 Å². The lowest BCUT2D eigenvalue weighted by molar-refractivity contribution is -0.118. The van der Waals surface area contributed by atoms with Gasteiger partial charge in [0.1, 0.15) is 23.4 Å². The predicted octanol–water partition coefficient (Wildman–Crippen LogP) is 7.99. The number of nitrogens with zero attached hydrogens (tertiary/aromatic N) is 2. The minimum Gasteiger partial charge on any atom is -0.457 e. The summed E-state index contributed by atoms with van der Waals surface area (Å²) in [4.78, 5) is 18.3. The average Bonchev–Trinajstić information content (AvgIpc) is 3.29. The van der Waals surface area contributed by atoms with Gasteiger partial charge in [0.25, 0.3) is 0 Å². The van der Waals surface area contributed by atoms with Gasteiger partial charge in [0.05, 0.1) is 11.0 Å². The third-order valence-corrected chi connectivity index (χ3v) is 6.47. The SMILES string of the molecule is CC(C(=O)Nc1ccc(Oc2ccccc2)cc1)n1c(-c2ccc(C(C)(C)C)cc2)nc2ccccc21. The maximum absolute atomic E-state index is 13.4. The van der Waals surface area contributed by atoms with E-state index >= 15 is 0 Å². The van der Waals surface area contributed by atoms with Gasteiger partial charge in [-0.2, -0.15) is 0 Å². The van der Waals surface area contributed by atoms with Crippen LogP contribution in [0.3, 0.4) is 0 Å². The van der Waals surface area contributed by atoms with Crippen molar-refractivity contribution in [3.8, 4) is 22.9 Å². The first-order valence-corrected chi connectivity index (χ1v) is 12.5. The van der Waals surface area contributed by atoms with E-state index in [0.29, 0.717) is 11.4 Å². The number of ether oxygens (including phenoxy) is 1. The Morgan fingerprint density at radius 3 is 2.11 bits per heavy atom. The number of hydrogen-bond donors (Lipinski definition) is 1. The summed E-state index contributed by atoms with van der Waals surface area (Å²) in [7, 11) is 0. The van der Waals surface area contributed by atoms with Gasteiger partial charge in [0.15, 0.2) is 0 Å². The van der Waals surface area contributed by atoms with Crippen molar-refractivity contribution < 1.29 is 9.53 Å². The highest BCUT2D eigenvalue weighted by Crippen LogP contribution is 2.31. The molecule has 0 saturated carbocycles. The van der Waals surface area contributed by atoms with Crippen molar-refractivity contribution >= 4 is 22.6 Å². The Kier molecular flexibility index (Phi) is 6.53. The molecule has 37 heavy (non-hydrogen) atoms. The Bertz CT molecular complexity index is 1510. The second kappa shape index (κ2) is 9.94. The smallest absolute Gasteiger partial charge is 0.247 e. The molecule has 1 atom stereocenters. The van der Waals surface area contributed by atoms with Crippen molar-refractivity contribution in [1.29, 1.82) is 0 Å². The van der Waals surface area contributed by atoms with Gasteiger partial charge in [-0.3, -0.25) is 4.79 Å². The maximum atomic E-state index is 13.4. The topological polar surface area (TPSA) is 56.1 Å². The Hall–Kier alpha value is -4.38. The summed E-state index contributed by atoms with van der Waals surface area (Å²) < 4.78 is 7.88. The first-order valence-electron chi connectivity index (χ1n) is 12.5. The Balaban J connectivity index is 1.40. The van der Waals surface area contributed by atoms with Crippen LogP contribution in [0.2, 0.25) is 0 Å². The van der Waals surface area contributed by atoms with Gasteiger partial charge < -0.3 is 14.6 Å². The highest BCUT2D eigenvalue weighted by molar-refractivity contribution is 5.95. The number of carbonyl (C=O) groups excluding carboxylic acids is 1. The van der Waals surface area contributed by atoms with E-state index < -0.39 is 6.04 Å². The molecule has 0 aliphatic heterocycles. The number of imidazole rings is 1. The van der Waals surface area contributed by atoms with E-state index in [-0.39, 0.29) is 11.3 Å². The second-order valence-corrected chi connectivity index (χ2v) is 10.2. The van der Waals surface area contributed by atoms with Gasteiger partial charge in [0.2, 0.25) is 5.91 Å². The average molecular weight is 490 g/mol. The Morgan fingerprint density at radius 2 is 1.43 bits per heavy atom. The molecule has 0 aliphatic carbocycles. The summed E-state index contributed by atoms with van der Waals surface area (Å²) in [6.07, 6.45) is 0. The molecule has 0 saturated heterocycles. The van der Waals surface area contributed by atoms with Gasteiger partial charge in [-0.1, -0.05) is 75.4 Å². The van der Waals surface area contributed by atoms with Crippen LogP contribution in [-0.2, 0) is 10.2 Å². The Labute approximate surface area is 217 Å². The molecule has 1 amide bonds. The van der Waals surface area contributed by atoms with E-state index in [2.05, 4.69) is 50.4 Å². The fourth-order valence-electron chi connectivity index (χ4n) is 4.35. The third kappa shape index (κ3) is 5.26. The van der Waals surface area contributed by atoms with Crippen molar-refractivity contribution in [3.05, 3.63) is 109 Å². The molecule has 186 valence electrons. The summed E-state index contributed by atoms with van der Waals surface area (Å²) in [6, 6.07) is 32.9. The molecule has 5 aromatic rings. The van der Waals surface area contributed by atoms with Gasteiger partial charge >= 0.3 is 0 Å². The highest BCUT2D eigenvalue weighted by atomic mass is 16.5. The number of fused-ring (bicyclic) bond motifs is 1. The van der Waals surface area contributed by atoms with Crippen LogP contribution in [0.15, 0.2) is 103 Å². The molecule has 0 spiro atoms. The fourth-order valence-corrected chi connectivity index (χ4v) is 4.35. The van der Waals surface area contributed by atoms with Crippen molar-refractivity contribution in [3.63, 3.8) is 0 Å². The number of para-hydroxylation sites is 3. The van der Waals surface area contributed by atoms with E-state index in [1.807, 2.05) is 90.4 Å².